The fourth-order valence-corrected chi connectivity index (χ4v) is 8.53. The van der Waals surface area contributed by atoms with Gasteiger partial charge in [0.2, 0.25) is 21.8 Å². The Morgan fingerprint density at radius 1 is 1.07 bits per heavy atom. The largest absolute Gasteiger partial charge is 0.369 e. The Hall–Kier alpha value is -2.75. The van der Waals surface area contributed by atoms with Crippen molar-refractivity contribution in [3.63, 3.8) is 0 Å². The molecule has 43 heavy (non-hydrogen) atoms. The number of primary amides is 1. The van der Waals surface area contributed by atoms with Crippen LogP contribution in [0, 0.1) is 24.7 Å². The molecule has 2 aromatic carbocycles. The summed E-state index contributed by atoms with van der Waals surface area (Å²) in [7, 11) is -4.03. The van der Waals surface area contributed by atoms with Crippen LogP contribution in [0.25, 0.3) is 0 Å². The number of carbonyl (C=O) groups excluding carboxylic acids is 2. The van der Waals surface area contributed by atoms with E-state index in [1.54, 1.807) is 24.3 Å². The Bertz CT molecular complexity index is 1360. The SMILES string of the molecule is Cc1ccc(S(=O)(=O)N2CCNC(=O)[C@H]2C(C(N)=O)[C@H]2CCCc3cc(CCCN(CC(C)C)CC(C)C)ccc32)cc1. The van der Waals surface area contributed by atoms with Crippen LogP contribution in [0.15, 0.2) is 47.4 Å². The van der Waals surface area contributed by atoms with Gasteiger partial charge in [-0.1, -0.05) is 63.6 Å². The van der Waals surface area contributed by atoms with Gasteiger partial charge < -0.3 is 16.0 Å². The van der Waals surface area contributed by atoms with Crippen molar-refractivity contribution in [2.24, 2.45) is 23.5 Å². The second kappa shape index (κ2) is 14.4. The number of nitrogens with one attached hydrogen (secondary N) is 1. The second-order valence-electron chi connectivity index (χ2n) is 13.3. The molecule has 0 radical (unpaired) electrons. The third-order valence-corrected chi connectivity index (χ3v) is 10.6. The second-order valence-corrected chi connectivity index (χ2v) is 15.2. The molecule has 236 valence electrons. The molecule has 4 rings (SSSR count). The number of piperazine rings is 1. The van der Waals surface area contributed by atoms with Crippen LogP contribution in [0.1, 0.15) is 75.1 Å². The van der Waals surface area contributed by atoms with Crippen LogP contribution in [0.5, 0.6) is 0 Å². The quantitative estimate of drug-likeness (QED) is 0.352. The van der Waals surface area contributed by atoms with E-state index >= 15 is 0 Å². The first-order valence-electron chi connectivity index (χ1n) is 15.9. The fraction of sp³-hybridized carbons (Fsp3) is 0.588. The van der Waals surface area contributed by atoms with Crippen molar-refractivity contribution >= 4 is 21.8 Å². The first-order valence-corrected chi connectivity index (χ1v) is 17.3. The van der Waals surface area contributed by atoms with Crippen LogP contribution >= 0.6 is 0 Å². The maximum absolute atomic E-state index is 13.8. The summed E-state index contributed by atoms with van der Waals surface area (Å²) in [6.45, 7) is 14.5. The zero-order valence-electron chi connectivity index (χ0n) is 26.5. The number of fused-ring (bicyclic) bond motifs is 1. The minimum Gasteiger partial charge on any atom is -0.369 e. The molecule has 3 N–H and O–H groups in total. The number of aryl methyl sites for hydroxylation is 3. The molecule has 1 heterocycles. The van der Waals surface area contributed by atoms with Crippen molar-refractivity contribution in [3.8, 4) is 0 Å². The van der Waals surface area contributed by atoms with Crippen molar-refractivity contribution in [1.82, 2.24) is 14.5 Å². The fourth-order valence-electron chi connectivity index (χ4n) is 6.93. The van der Waals surface area contributed by atoms with E-state index in [9.17, 15) is 18.0 Å². The van der Waals surface area contributed by atoms with Crippen molar-refractivity contribution in [1.29, 1.82) is 0 Å². The van der Waals surface area contributed by atoms with Crippen LogP contribution in [0.4, 0.5) is 0 Å². The standard InChI is InChI=1S/C34H50N4O4S/c1-23(2)21-37(22-24(3)4)18-7-8-26-13-16-29-27(20-26)9-6-10-30(29)31(33(35)39)32-34(40)36-17-19-38(32)43(41,42)28-14-11-25(5)12-15-28/h11-16,20,23-24,30-32H,6-10,17-19,21-22H2,1-5H3,(H2,35,39)(H,36,40)/t30-,31?,32+/m0/s1. The van der Waals surface area contributed by atoms with E-state index in [0.717, 1.165) is 56.4 Å². The topological polar surface area (TPSA) is 113 Å². The number of nitrogens with two attached hydrogens (primary N) is 1. The maximum atomic E-state index is 13.8. The van der Waals surface area contributed by atoms with Crippen LogP contribution < -0.4 is 11.1 Å². The lowest BCUT2D eigenvalue weighted by Crippen LogP contribution is -2.62. The zero-order valence-corrected chi connectivity index (χ0v) is 27.3. The van der Waals surface area contributed by atoms with E-state index in [2.05, 4.69) is 56.1 Å². The first kappa shape index (κ1) is 33.1. The Morgan fingerprint density at radius 3 is 2.37 bits per heavy atom. The van der Waals surface area contributed by atoms with E-state index in [1.807, 2.05) is 6.92 Å². The Balaban J connectivity index is 1.58. The monoisotopic (exact) mass is 610 g/mol. The minimum absolute atomic E-state index is 0.0829. The molecule has 1 aliphatic carbocycles. The Morgan fingerprint density at radius 2 is 1.74 bits per heavy atom. The summed E-state index contributed by atoms with van der Waals surface area (Å²) in [4.78, 5) is 29.2. The highest BCUT2D eigenvalue weighted by atomic mass is 32.2. The van der Waals surface area contributed by atoms with Gasteiger partial charge in [-0.15, -0.1) is 0 Å². The molecule has 8 nitrogen and oxygen atoms in total. The van der Waals surface area contributed by atoms with Crippen LogP contribution in [-0.4, -0.2) is 68.2 Å². The average Bonchev–Trinajstić information content (AvgIpc) is 2.93. The summed E-state index contributed by atoms with van der Waals surface area (Å²) in [6.07, 6.45) is 4.44. The minimum atomic E-state index is -4.03. The zero-order chi connectivity index (χ0) is 31.3. The van der Waals surface area contributed by atoms with Gasteiger partial charge in [0, 0.05) is 26.2 Å². The number of hydrogen-bond acceptors (Lipinski definition) is 5. The molecule has 1 fully saturated rings. The molecule has 2 aliphatic rings. The van der Waals surface area contributed by atoms with Gasteiger partial charge in [0.1, 0.15) is 6.04 Å². The predicted octanol–water partition coefficient (Wildman–Crippen LogP) is 4.25. The van der Waals surface area contributed by atoms with Gasteiger partial charge >= 0.3 is 0 Å². The van der Waals surface area contributed by atoms with Crippen molar-refractivity contribution < 1.29 is 18.0 Å². The summed E-state index contributed by atoms with van der Waals surface area (Å²) in [5, 5.41) is 2.80. The number of amides is 2. The maximum Gasteiger partial charge on any atom is 0.243 e. The molecule has 3 atom stereocenters. The highest BCUT2D eigenvalue weighted by Gasteiger charge is 2.49. The third-order valence-electron chi connectivity index (χ3n) is 8.69. The summed E-state index contributed by atoms with van der Waals surface area (Å²) in [5.41, 5.74) is 10.4. The number of benzene rings is 2. The molecule has 2 amide bonds. The first-order chi connectivity index (χ1) is 20.4. The van der Waals surface area contributed by atoms with Crippen LogP contribution in [0.2, 0.25) is 0 Å². The molecule has 2 aromatic rings. The van der Waals surface area contributed by atoms with Crippen molar-refractivity contribution in [2.45, 2.75) is 83.6 Å². The van der Waals surface area contributed by atoms with E-state index in [0.29, 0.717) is 18.3 Å². The number of sulfonamides is 1. The van der Waals surface area contributed by atoms with Crippen molar-refractivity contribution in [3.05, 3.63) is 64.7 Å². The van der Waals surface area contributed by atoms with E-state index in [4.69, 9.17) is 5.73 Å². The average molecular weight is 611 g/mol. The van der Waals surface area contributed by atoms with Crippen LogP contribution in [0.3, 0.4) is 0 Å². The lowest BCUT2D eigenvalue weighted by atomic mass is 9.72. The Labute approximate surface area is 258 Å². The third kappa shape index (κ3) is 8.05. The van der Waals surface area contributed by atoms with E-state index < -0.39 is 33.8 Å². The number of carbonyl (C=O) groups is 2. The van der Waals surface area contributed by atoms with Gasteiger partial charge in [0.25, 0.3) is 0 Å². The van der Waals surface area contributed by atoms with Crippen molar-refractivity contribution in [2.75, 3.05) is 32.7 Å². The van der Waals surface area contributed by atoms with E-state index in [1.165, 1.54) is 15.4 Å². The molecular formula is C34H50N4O4S. The smallest absolute Gasteiger partial charge is 0.243 e. The summed E-state index contributed by atoms with van der Waals surface area (Å²) < 4.78 is 28.8. The predicted molar refractivity (Wildman–Crippen MR) is 171 cm³/mol. The molecule has 0 aromatic heterocycles. The van der Waals surface area contributed by atoms with Gasteiger partial charge in [0.05, 0.1) is 10.8 Å². The highest BCUT2D eigenvalue weighted by molar-refractivity contribution is 7.89. The molecule has 1 unspecified atom stereocenters. The molecule has 0 bridgehead atoms. The van der Waals surface area contributed by atoms with E-state index in [-0.39, 0.29) is 23.9 Å². The lowest BCUT2D eigenvalue weighted by molar-refractivity contribution is -0.135. The van der Waals surface area contributed by atoms with Gasteiger partial charge in [0.15, 0.2) is 0 Å². The summed E-state index contributed by atoms with van der Waals surface area (Å²) >= 11 is 0. The lowest BCUT2D eigenvalue weighted by Gasteiger charge is -2.41. The van der Waals surface area contributed by atoms with Gasteiger partial charge in [-0.2, -0.15) is 4.31 Å². The van der Waals surface area contributed by atoms with Gasteiger partial charge in [-0.05, 0) is 92.1 Å². The Kier molecular flexibility index (Phi) is 11.1. The molecule has 9 heteroatoms. The molecule has 0 saturated carbocycles. The van der Waals surface area contributed by atoms with Crippen LogP contribution in [-0.2, 0) is 32.5 Å². The summed E-state index contributed by atoms with van der Waals surface area (Å²) in [5.74, 6) is -1.18. The molecule has 0 spiro atoms. The summed E-state index contributed by atoms with van der Waals surface area (Å²) in [6, 6.07) is 11.8. The number of hydrogen-bond donors (Lipinski definition) is 2. The molecule has 1 aliphatic heterocycles. The number of nitrogens with zero attached hydrogens (tertiary/aromatic N) is 2. The molecular weight excluding hydrogens is 560 g/mol. The van der Waals surface area contributed by atoms with Gasteiger partial charge in [-0.25, -0.2) is 8.42 Å². The van der Waals surface area contributed by atoms with Gasteiger partial charge in [-0.3, -0.25) is 9.59 Å². The highest BCUT2D eigenvalue weighted by Crippen LogP contribution is 2.41. The normalized spacial score (nSPS) is 20.3. The number of rotatable bonds is 13. The molecule has 1 saturated heterocycles.